The van der Waals surface area contributed by atoms with Gasteiger partial charge < -0.3 is 9.84 Å². The van der Waals surface area contributed by atoms with E-state index in [0.717, 1.165) is 24.2 Å². The van der Waals surface area contributed by atoms with Gasteiger partial charge in [0.25, 0.3) is 0 Å². The van der Waals surface area contributed by atoms with Crippen LogP contribution >= 0.6 is 0 Å². The average Bonchev–Trinajstić information content (AvgIpc) is 2.47. The number of fused-ring (bicyclic) bond motifs is 1. The van der Waals surface area contributed by atoms with Gasteiger partial charge in [0.05, 0.1) is 13.2 Å². The summed E-state index contributed by atoms with van der Waals surface area (Å²) in [5.41, 5.74) is 2.29. The first-order valence-electron chi connectivity index (χ1n) is 4.16. The third-order valence-corrected chi connectivity index (χ3v) is 2.40. The number of aryl methyl sites for hydroxylation is 1. The molecule has 2 nitrogen and oxygen atoms in total. The second kappa shape index (κ2) is 2.79. The topological polar surface area (TPSA) is 29.5 Å². The van der Waals surface area contributed by atoms with Crippen LogP contribution in [0.4, 0.5) is 0 Å². The number of rotatable bonds is 1. The Morgan fingerprint density at radius 1 is 1.50 bits per heavy atom. The van der Waals surface area contributed by atoms with Crippen molar-refractivity contribution in [2.24, 2.45) is 0 Å². The van der Waals surface area contributed by atoms with E-state index in [1.54, 1.807) is 7.11 Å². The van der Waals surface area contributed by atoms with Crippen molar-refractivity contribution in [2.75, 3.05) is 7.11 Å². The minimum Gasteiger partial charge on any atom is -0.497 e. The third-order valence-electron chi connectivity index (χ3n) is 2.40. The molecule has 2 rings (SSSR count). The minimum absolute atomic E-state index is 0.258. The molecule has 1 atom stereocenters. The molecule has 0 bridgehead atoms. The van der Waals surface area contributed by atoms with E-state index < -0.39 is 0 Å². The molecule has 0 saturated heterocycles. The van der Waals surface area contributed by atoms with Crippen molar-refractivity contribution >= 4 is 0 Å². The van der Waals surface area contributed by atoms with Crippen LogP contribution in [0.5, 0.6) is 5.75 Å². The number of hydrogen-bond acceptors (Lipinski definition) is 2. The highest BCUT2D eigenvalue weighted by atomic mass is 16.5. The lowest BCUT2D eigenvalue weighted by molar-refractivity contribution is 0.180. The summed E-state index contributed by atoms with van der Waals surface area (Å²) < 4.78 is 5.09. The van der Waals surface area contributed by atoms with Crippen LogP contribution in [-0.2, 0) is 6.42 Å². The van der Waals surface area contributed by atoms with Gasteiger partial charge in [-0.1, -0.05) is 6.07 Å². The van der Waals surface area contributed by atoms with Crippen LogP contribution in [0.15, 0.2) is 18.2 Å². The minimum atomic E-state index is -0.258. The van der Waals surface area contributed by atoms with Crippen LogP contribution in [0.25, 0.3) is 0 Å². The van der Waals surface area contributed by atoms with Crippen LogP contribution in [0.1, 0.15) is 23.7 Å². The van der Waals surface area contributed by atoms with Gasteiger partial charge in [-0.2, -0.15) is 0 Å². The molecule has 0 saturated carbocycles. The van der Waals surface area contributed by atoms with Gasteiger partial charge in [0.2, 0.25) is 0 Å². The smallest absolute Gasteiger partial charge is 0.119 e. The predicted molar refractivity (Wildman–Crippen MR) is 46.3 cm³/mol. The van der Waals surface area contributed by atoms with E-state index in [-0.39, 0.29) is 6.10 Å². The molecule has 0 spiro atoms. The maximum atomic E-state index is 9.50. The lowest BCUT2D eigenvalue weighted by atomic mass is 10.1. The molecule has 0 radical (unpaired) electrons. The molecule has 1 unspecified atom stereocenters. The van der Waals surface area contributed by atoms with E-state index in [9.17, 15) is 5.11 Å². The van der Waals surface area contributed by atoms with Crippen molar-refractivity contribution in [3.63, 3.8) is 0 Å². The Balaban J connectivity index is 2.41. The predicted octanol–water partition coefficient (Wildman–Crippen LogP) is 1.67. The second-order valence-corrected chi connectivity index (χ2v) is 3.12. The normalized spacial score (nSPS) is 20.7. The summed E-state index contributed by atoms with van der Waals surface area (Å²) in [5.74, 6) is 0.878. The highest BCUT2D eigenvalue weighted by molar-refractivity contribution is 5.39. The van der Waals surface area contributed by atoms with Crippen molar-refractivity contribution in [2.45, 2.75) is 18.9 Å². The van der Waals surface area contributed by atoms with Gasteiger partial charge in [0.1, 0.15) is 5.75 Å². The van der Waals surface area contributed by atoms with E-state index in [4.69, 9.17) is 4.74 Å². The van der Waals surface area contributed by atoms with Crippen LogP contribution in [0.3, 0.4) is 0 Å². The van der Waals surface area contributed by atoms with Gasteiger partial charge in [-0.05, 0) is 36.1 Å². The zero-order chi connectivity index (χ0) is 8.55. The fraction of sp³-hybridized carbons (Fsp3) is 0.400. The van der Waals surface area contributed by atoms with Crippen molar-refractivity contribution < 1.29 is 9.84 Å². The molecular weight excluding hydrogens is 152 g/mol. The molecule has 1 aliphatic rings. The maximum absolute atomic E-state index is 9.50. The molecular formula is C10H12O2. The summed E-state index contributed by atoms with van der Waals surface area (Å²) in [7, 11) is 1.66. The van der Waals surface area contributed by atoms with Gasteiger partial charge in [-0.3, -0.25) is 0 Å². The molecule has 1 aromatic carbocycles. The average molecular weight is 164 g/mol. The van der Waals surface area contributed by atoms with Crippen LogP contribution in [-0.4, -0.2) is 12.2 Å². The summed E-state index contributed by atoms with van der Waals surface area (Å²) >= 11 is 0. The van der Waals surface area contributed by atoms with Crippen molar-refractivity contribution in [3.05, 3.63) is 29.3 Å². The molecule has 0 heterocycles. The molecule has 0 fully saturated rings. The molecule has 0 aliphatic heterocycles. The Labute approximate surface area is 71.8 Å². The Morgan fingerprint density at radius 2 is 2.33 bits per heavy atom. The highest BCUT2D eigenvalue weighted by Gasteiger charge is 2.19. The van der Waals surface area contributed by atoms with Crippen LogP contribution in [0, 0.1) is 0 Å². The fourth-order valence-corrected chi connectivity index (χ4v) is 1.70. The number of hydrogen-bond donors (Lipinski definition) is 1. The number of methoxy groups -OCH3 is 1. The fourth-order valence-electron chi connectivity index (χ4n) is 1.70. The van der Waals surface area contributed by atoms with Crippen LogP contribution < -0.4 is 4.74 Å². The molecule has 1 N–H and O–H groups in total. The molecule has 2 heteroatoms. The SMILES string of the molecule is COc1ccc2c(c1)CCC2O. The third kappa shape index (κ3) is 1.08. The van der Waals surface area contributed by atoms with Gasteiger partial charge in [0, 0.05) is 0 Å². The quantitative estimate of drug-likeness (QED) is 0.684. The van der Waals surface area contributed by atoms with Crippen molar-refractivity contribution in [1.82, 2.24) is 0 Å². The largest absolute Gasteiger partial charge is 0.497 e. The first-order chi connectivity index (χ1) is 5.81. The zero-order valence-electron chi connectivity index (χ0n) is 7.08. The molecule has 1 aromatic rings. The summed E-state index contributed by atoms with van der Waals surface area (Å²) in [6, 6.07) is 5.85. The van der Waals surface area contributed by atoms with E-state index >= 15 is 0 Å². The summed E-state index contributed by atoms with van der Waals surface area (Å²) in [5, 5.41) is 9.50. The number of ether oxygens (including phenoxy) is 1. The van der Waals surface area contributed by atoms with E-state index in [2.05, 4.69) is 0 Å². The van der Waals surface area contributed by atoms with Gasteiger partial charge in [-0.15, -0.1) is 0 Å². The second-order valence-electron chi connectivity index (χ2n) is 3.12. The van der Waals surface area contributed by atoms with Gasteiger partial charge in [0.15, 0.2) is 0 Å². The molecule has 1 aliphatic carbocycles. The Bertz CT molecular complexity index is 294. The summed E-state index contributed by atoms with van der Waals surface area (Å²) in [6.07, 6.45) is 1.56. The Morgan fingerprint density at radius 3 is 3.08 bits per heavy atom. The number of benzene rings is 1. The van der Waals surface area contributed by atoms with Crippen LogP contribution in [0.2, 0.25) is 0 Å². The first-order valence-corrected chi connectivity index (χ1v) is 4.16. The monoisotopic (exact) mass is 164 g/mol. The lowest BCUT2D eigenvalue weighted by Crippen LogP contribution is -1.90. The summed E-state index contributed by atoms with van der Waals surface area (Å²) in [4.78, 5) is 0. The maximum Gasteiger partial charge on any atom is 0.119 e. The zero-order valence-corrected chi connectivity index (χ0v) is 7.08. The lowest BCUT2D eigenvalue weighted by Gasteiger charge is -2.05. The summed E-state index contributed by atoms with van der Waals surface area (Å²) in [6.45, 7) is 0. The standard InChI is InChI=1S/C10H12O2/c1-12-8-3-4-9-7(6-8)2-5-10(9)11/h3-4,6,10-11H,2,5H2,1H3. The van der Waals surface area contributed by atoms with Gasteiger partial charge >= 0.3 is 0 Å². The molecule has 64 valence electrons. The Kier molecular flexibility index (Phi) is 1.77. The molecule has 12 heavy (non-hydrogen) atoms. The van der Waals surface area contributed by atoms with E-state index in [0.29, 0.717) is 0 Å². The number of aliphatic hydroxyl groups is 1. The number of aliphatic hydroxyl groups excluding tert-OH is 1. The van der Waals surface area contributed by atoms with Gasteiger partial charge in [-0.25, -0.2) is 0 Å². The Hall–Kier alpha value is -1.02. The first kappa shape index (κ1) is 7.62. The van der Waals surface area contributed by atoms with E-state index in [1.807, 2.05) is 18.2 Å². The van der Waals surface area contributed by atoms with Crippen molar-refractivity contribution in [3.8, 4) is 5.75 Å². The van der Waals surface area contributed by atoms with Crippen molar-refractivity contribution in [1.29, 1.82) is 0 Å². The molecule has 0 amide bonds. The highest BCUT2D eigenvalue weighted by Crippen LogP contribution is 2.32. The van der Waals surface area contributed by atoms with E-state index in [1.165, 1.54) is 5.56 Å². The molecule has 0 aromatic heterocycles.